The third-order valence-corrected chi connectivity index (χ3v) is 5.80. The maximum atomic E-state index is 14.1. The molecule has 0 bridgehead atoms. The zero-order chi connectivity index (χ0) is 24.8. The Labute approximate surface area is 202 Å². The van der Waals surface area contributed by atoms with Gasteiger partial charge in [0.1, 0.15) is 23.7 Å². The van der Waals surface area contributed by atoms with Gasteiger partial charge in [0.2, 0.25) is 5.91 Å². The van der Waals surface area contributed by atoms with Crippen LogP contribution in [0.1, 0.15) is 21.5 Å². The Morgan fingerprint density at radius 2 is 1.89 bits per heavy atom. The van der Waals surface area contributed by atoms with E-state index in [1.807, 2.05) is 24.3 Å². The van der Waals surface area contributed by atoms with Gasteiger partial charge in [-0.2, -0.15) is 4.73 Å². The molecule has 35 heavy (non-hydrogen) atoms. The van der Waals surface area contributed by atoms with Crippen LogP contribution in [0.4, 0.5) is 4.39 Å². The molecule has 1 aromatic heterocycles. The highest BCUT2D eigenvalue weighted by molar-refractivity contribution is 5.96. The molecule has 0 spiro atoms. The van der Waals surface area contributed by atoms with Crippen LogP contribution in [0.2, 0.25) is 0 Å². The van der Waals surface area contributed by atoms with Gasteiger partial charge in [-0.05, 0) is 29.8 Å². The molecule has 0 aliphatic carbocycles. The minimum absolute atomic E-state index is 0.00413. The fourth-order valence-electron chi connectivity index (χ4n) is 3.93. The predicted octanol–water partition coefficient (Wildman–Crippen LogP) is 2.54. The molecule has 9 heteroatoms. The van der Waals surface area contributed by atoms with Crippen molar-refractivity contribution >= 4 is 11.8 Å². The third-order valence-electron chi connectivity index (χ3n) is 5.80. The summed E-state index contributed by atoms with van der Waals surface area (Å²) in [6.07, 6.45) is 1.88. The van der Waals surface area contributed by atoms with Crippen LogP contribution in [-0.2, 0) is 22.7 Å². The van der Waals surface area contributed by atoms with E-state index in [9.17, 15) is 19.2 Å². The Balaban J connectivity index is 1.55. The summed E-state index contributed by atoms with van der Waals surface area (Å²) < 4.78 is 25.9. The van der Waals surface area contributed by atoms with Crippen molar-refractivity contribution in [2.24, 2.45) is 0 Å². The zero-order valence-electron chi connectivity index (χ0n) is 19.3. The number of benzene rings is 2. The van der Waals surface area contributed by atoms with E-state index in [0.717, 1.165) is 5.56 Å². The number of nitrogens with zero attached hydrogens (tertiary/aromatic N) is 3. The lowest BCUT2D eigenvalue weighted by Crippen LogP contribution is -2.40. The Bertz CT molecular complexity index is 1190. The Morgan fingerprint density at radius 3 is 2.60 bits per heavy atom. The molecular weight excluding hydrogens is 453 g/mol. The summed E-state index contributed by atoms with van der Waals surface area (Å²) in [7, 11) is 1.58. The number of pyridine rings is 1. The van der Waals surface area contributed by atoms with Gasteiger partial charge < -0.3 is 24.5 Å². The molecule has 2 amide bonds. The minimum Gasteiger partial charge on any atom is -0.619 e. The first-order valence-electron chi connectivity index (χ1n) is 11.2. The van der Waals surface area contributed by atoms with E-state index in [-0.39, 0.29) is 43.5 Å². The number of hydrogen-bond acceptors (Lipinski definition) is 5. The van der Waals surface area contributed by atoms with Crippen molar-refractivity contribution in [2.75, 3.05) is 26.7 Å². The van der Waals surface area contributed by atoms with E-state index in [4.69, 9.17) is 9.47 Å². The number of carbonyl (C=O) groups excluding carboxylic acids is 2. The smallest absolute Gasteiger partial charge is 0.260 e. The van der Waals surface area contributed by atoms with E-state index in [1.165, 1.54) is 35.5 Å². The highest BCUT2D eigenvalue weighted by Gasteiger charge is 2.32. The number of halogens is 1. The number of ether oxygens (including phenoxy) is 2. The molecule has 4 rings (SSSR count). The molecule has 1 fully saturated rings. The second kappa shape index (κ2) is 11.0. The second-order valence-electron chi connectivity index (χ2n) is 8.28. The van der Waals surface area contributed by atoms with Crippen LogP contribution in [0.3, 0.4) is 0 Å². The molecule has 1 atom stereocenters. The van der Waals surface area contributed by atoms with Gasteiger partial charge in [-0.1, -0.05) is 30.3 Å². The first-order valence-corrected chi connectivity index (χ1v) is 11.2. The molecule has 8 nitrogen and oxygen atoms in total. The molecular formula is C26H26FN3O5. The van der Waals surface area contributed by atoms with Gasteiger partial charge in [0.05, 0.1) is 19.8 Å². The van der Waals surface area contributed by atoms with Crippen LogP contribution in [0, 0.1) is 11.0 Å². The van der Waals surface area contributed by atoms with Crippen molar-refractivity contribution in [1.82, 2.24) is 9.80 Å². The summed E-state index contributed by atoms with van der Waals surface area (Å²) in [6.45, 7) is 0.486. The molecule has 182 valence electrons. The molecule has 2 heterocycles. The van der Waals surface area contributed by atoms with Gasteiger partial charge >= 0.3 is 0 Å². The maximum Gasteiger partial charge on any atom is 0.260 e. The minimum atomic E-state index is -0.564. The molecule has 1 aliphatic heterocycles. The van der Waals surface area contributed by atoms with E-state index in [1.54, 1.807) is 30.2 Å². The van der Waals surface area contributed by atoms with E-state index in [0.29, 0.717) is 22.6 Å². The lowest BCUT2D eigenvalue weighted by Gasteiger charge is -2.25. The third kappa shape index (κ3) is 6.13. The van der Waals surface area contributed by atoms with Crippen LogP contribution in [0.15, 0.2) is 73.1 Å². The van der Waals surface area contributed by atoms with Crippen LogP contribution in [-0.4, -0.2) is 54.5 Å². The van der Waals surface area contributed by atoms with Crippen molar-refractivity contribution in [2.45, 2.75) is 19.3 Å². The van der Waals surface area contributed by atoms with Crippen molar-refractivity contribution < 1.29 is 28.2 Å². The molecule has 3 aromatic rings. The van der Waals surface area contributed by atoms with Crippen molar-refractivity contribution in [1.29, 1.82) is 0 Å². The van der Waals surface area contributed by atoms with E-state index >= 15 is 0 Å². The monoisotopic (exact) mass is 479 g/mol. The first kappa shape index (κ1) is 24.2. The summed E-state index contributed by atoms with van der Waals surface area (Å²) in [6, 6.07) is 16.7. The fraction of sp³-hybridized carbons (Fsp3) is 0.269. The highest BCUT2D eigenvalue weighted by atomic mass is 19.1. The predicted molar refractivity (Wildman–Crippen MR) is 125 cm³/mol. The van der Waals surface area contributed by atoms with E-state index in [2.05, 4.69) is 0 Å². The first-order chi connectivity index (χ1) is 16.9. The number of methoxy groups -OCH3 is 1. The summed E-state index contributed by atoms with van der Waals surface area (Å²) >= 11 is 0. The molecule has 1 saturated heterocycles. The Morgan fingerprint density at radius 1 is 1.11 bits per heavy atom. The van der Waals surface area contributed by atoms with Gasteiger partial charge in [-0.25, -0.2) is 4.39 Å². The normalized spacial score (nSPS) is 16.2. The Hall–Kier alpha value is -3.98. The topological polar surface area (TPSA) is 86.0 Å². The van der Waals surface area contributed by atoms with Crippen molar-refractivity contribution in [3.8, 4) is 5.75 Å². The van der Waals surface area contributed by atoms with Gasteiger partial charge in [0.15, 0.2) is 12.4 Å². The second-order valence-corrected chi connectivity index (χ2v) is 8.28. The maximum absolute atomic E-state index is 14.1. The van der Waals surface area contributed by atoms with Gasteiger partial charge in [0, 0.05) is 31.3 Å². The zero-order valence-corrected chi connectivity index (χ0v) is 19.3. The highest BCUT2D eigenvalue weighted by Crippen LogP contribution is 2.18. The van der Waals surface area contributed by atoms with Crippen LogP contribution in [0.5, 0.6) is 5.75 Å². The average molecular weight is 480 g/mol. The van der Waals surface area contributed by atoms with Gasteiger partial charge in [-0.15, -0.1) is 0 Å². The van der Waals surface area contributed by atoms with Gasteiger partial charge in [0.25, 0.3) is 5.91 Å². The standard InChI is InChI=1S/C26H26FN3O5/c1-34-22-10-8-19(9-11-22)13-28-15-23(35-18-21-5-2-3-7-24(21)27)16-29(17-25(28)31)26(32)20-6-4-12-30(33)14-20/h2-12,14,23H,13,15-18H2,1H3/t23-/m1/s1. The number of carbonyl (C=O) groups is 2. The molecule has 0 saturated carbocycles. The molecule has 2 aromatic carbocycles. The SMILES string of the molecule is COc1ccc(CN2C[C@@H](OCc3ccccc3F)CN(C(=O)c3ccc[n+]([O-])c3)CC2=O)cc1. The summed E-state index contributed by atoms with van der Waals surface area (Å²) in [4.78, 5) is 29.3. The lowest BCUT2D eigenvalue weighted by molar-refractivity contribution is -0.605. The number of hydrogen-bond donors (Lipinski definition) is 0. The number of rotatable bonds is 7. The fourth-order valence-corrected chi connectivity index (χ4v) is 3.93. The van der Waals surface area contributed by atoms with Crippen molar-refractivity contribution in [3.63, 3.8) is 0 Å². The van der Waals surface area contributed by atoms with Gasteiger partial charge in [-0.3, -0.25) is 9.59 Å². The summed E-state index contributed by atoms with van der Waals surface area (Å²) in [5.41, 5.74) is 1.45. The largest absolute Gasteiger partial charge is 0.619 e. The lowest BCUT2D eigenvalue weighted by atomic mass is 10.2. The molecule has 0 radical (unpaired) electrons. The molecule has 0 unspecified atom stereocenters. The van der Waals surface area contributed by atoms with E-state index < -0.39 is 12.0 Å². The van der Waals surface area contributed by atoms with Crippen molar-refractivity contribution in [3.05, 3.63) is 101 Å². The van der Waals surface area contributed by atoms with Crippen LogP contribution in [0.25, 0.3) is 0 Å². The molecule has 1 aliphatic rings. The number of aromatic nitrogens is 1. The quantitative estimate of drug-likeness (QED) is 0.384. The summed E-state index contributed by atoms with van der Waals surface area (Å²) in [5.74, 6) is -0.381. The van der Waals surface area contributed by atoms with Crippen LogP contribution >= 0.6 is 0 Å². The Kier molecular flexibility index (Phi) is 7.57. The van der Waals surface area contributed by atoms with Crippen LogP contribution < -0.4 is 9.47 Å². The number of amides is 2. The average Bonchev–Trinajstić information content (AvgIpc) is 3.02. The summed E-state index contributed by atoms with van der Waals surface area (Å²) in [5, 5.41) is 11.7. The molecule has 0 N–H and O–H groups in total.